The molecule has 4 heteroatoms. The van der Waals surface area contributed by atoms with Crippen LogP contribution in [0.5, 0.6) is 0 Å². The second-order valence-corrected chi connectivity index (χ2v) is 5.76. The van der Waals surface area contributed by atoms with E-state index in [9.17, 15) is 0 Å². The molecular weight excluding hydrogens is 248 g/mol. The first-order chi connectivity index (χ1) is 9.87. The zero-order valence-electron chi connectivity index (χ0n) is 11.4. The van der Waals surface area contributed by atoms with Crippen molar-refractivity contribution in [1.29, 1.82) is 0 Å². The minimum absolute atomic E-state index is 0.200. The zero-order valence-corrected chi connectivity index (χ0v) is 11.4. The largest absolute Gasteiger partial charge is 0.363 e. The van der Waals surface area contributed by atoms with E-state index in [1.807, 2.05) is 24.5 Å². The van der Waals surface area contributed by atoms with Gasteiger partial charge in [0.1, 0.15) is 0 Å². The van der Waals surface area contributed by atoms with E-state index in [0.717, 1.165) is 31.9 Å². The van der Waals surface area contributed by atoms with Crippen LogP contribution in [0.2, 0.25) is 0 Å². The van der Waals surface area contributed by atoms with Crippen LogP contribution in [-0.4, -0.2) is 29.6 Å². The third-order valence-corrected chi connectivity index (χ3v) is 4.45. The molecule has 1 spiro atoms. The fourth-order valence-corrected chi connectivity index (χ4v) is 3.50. The molecule has 0 amide bonds. The van der Waals surface area contributed by atoms with Crippen molar-refractivity contribution in [2.75, 3.05) is 24.5 Å². The lowest BCUT2D eigenvalue weighted by atomic mass is 9.85. The Morgan fingerprint density at radius 1 is 1.15 bits per heavy atom. The van der Waals surface area contributed by atoms with Crippen molar-refractivity contribution in [2.24, 2.45) is 0 Å². The first-order valence-electron chi connectivity index (χ1n) is 7.19. The summed E-state index contributed by atoms with van der Waals surface area (Å²) in [6.45, 7) is 4.04. The topological polar surface area (TPSA) is 41.0 Å². The summed E-state index contributed by atoms with van der Waals surface area (Å²) < 4.78 is 0. The summed E-state index contributed by atoms with van der Waals surface area (Å²) in [5.41, 5.74) is 3.86. The highest BCUT2D eigenvalue weighted by Crippen LogP contribution is 2.43. The second-order valence-electron chi connectivity index (χ2n) is 5.76. The van der Waals surface area contributed by atoms with Crippen LogP contribution >= 0.6 is 0 Å². The molecule has 2 aromatic heterocycles. The van der Waals surface area contributed by atoms with Crippen LogP contribution in [0.15, 0.2) is 42.7 Å². The van der Waals surface area contributed by atoms with Crippen molar-refractivity contribution in [3.63, 3.8) is 0 Å². The highest BCUT2D eigenvalue weighted by atomic mass is 15.2. The maximum absolute atomic E-state index is 4.68. The number of nitrogens with one attached hydrogen (secondary N) is 1. The van der Waals surface area contributed by atoms with Crippen LogP contribution in [0.3, 0.4) is 0 Å². The van der Waals surface area contributed by atoms with Crippen LogP contribution in [0.25, 0.3) is 0 Å². The minimum Gasteiger partial charge on any atom is -0.363 e. The monoisotopic (exact) mass is 266 g/mol. The third-order valence-electron chi connectivity index (χ3n) is 4.45. The summed E-state index contributed by atoms with van der Waals surface area (Å²) >= 11 is 0. The Hall–Kier alpha value is -1.94. The first kappa shape index (κ1) is 11.9. The van der Waals surface area contributed by atoms with E-state index in [4.69, 9.17) is 0 Å². The van der Waals surface area contributed by atoms with Gasteiger partial charge in [0.15, 0.2) is 0 Å². The Morgan fingerprint density at radius 3 is 2.90 bits per heavy atom. The van der Waals surface area contributed by atoms with E-state index in [-0.39, 0.29) is 5.41 Å². The van der Waals surface area contributed by atoms with Crippen LogP contribution in [0, 0.1) is 0 Å². The molecule has 1 fully saturated rings. The van der Waals surface area contributed by atoms with Gasteiger partial charge in [0.25, 0.3) is 0 Å². The van der Waals surface area contributed by atoms with E-state index in [1.165, 1.54) is 17.8 Å². The van der Waals surface area contributed by atoms with Gasteiger partial charge in [-0.3, -0.25) is 9.97 Å². The van der Waals surface area contributed by atoms with Crippen molar-refractivity contribution < 1.29 is 0 Å². The van der Waals surface area contributed by atoms with Crippen LogP contribution in [0.1, 0.15) is 17.8 Å². The maximum atomic E-state index is 4.68. The molecule has 4 rings (SSSR count). The maximum Gasteiger partial charge on any atom is 0.0729 e. The Labute approximate surface area is 118 Å². The fourth-order valence-electron chi connectivity index (χ4n) is 3.50. The van der Waals surface area contributed by atoms with Gasteiger partial charge in [0.05, 0.1) is 23.6 Å². The highest BCUT2D eigenvalue weighted by molar-refractivity contribution is 5.60. The number of hydrogen-bond donors (Lipinski definition) is 1. The van der Waals surface area contributed by atoms with Crippen LogP contribution < -0.4 is 10.2 Å². The molecule has 0 aliphatic carbocycles. The van der Waals surface area contributed by atoms with Crippen molar-refractivity contribution in [1.82, 2.24) is 15.3 Å². The van der Waals surface area contributed by atoms with Crippen LogP contribution in [-0.2, 0) is 12.0 Å². The van der Waals surface area contributed by atoms with Crippen LogP contribution in [0.4, 0.5) is 5.69 Å². The van der Waals surface area contributed by atoms with Gasteiger partial charge in [0, 0.05) is 30.9 Å². The van der Waals surface area contributed by atoms with E-state index in [2.05, 4.69) is 38.4 Å². The summed E-state index contributed by atoms with van der Waals surface area (Å²) in [5, 5.41) is 3.50. The quantitative estimate of drug-likeness (QED) is 0.899. The van der Waals surface area contributed by atoms with Gasteiger partial charge in [-0.15, -0.1) is 0 Å². The molecule has 20 heavy (non-hydrogen) atoms. The molecule has 0 saturated carbocycles. The summed E-state index contributed by atoms with van der Waals surface area (Å²) in [4.78, 5) is 11.6. The van der Waals surface area contributed by atoms with Gasteiger partial charge in [0.2, 0.25) is 0 Å². The molecule has 0 bridgehead atoms. The van der Waals surface area contributed by atoms with Crippen molar-refractivity contribution in [3.05, 3.63) is 54.1 Å². The Morgan fingerprint density at radius 2 is 2.10 bits per heavy atom. The highest BCUT2D eigenvalue weighted by Gasteiger charge is 2.45. The van der Waals surface area contributed by atoms with Crippen molar-refractivity contribution in [3.8, 4) is 0 Å². The molecule has 1 saturated heterocycles. The summed E-state index contributed by atoms with van der Waals surface area (Å²) in [6, 6.07) is 10.3. The minimum atomic E-state index is 0.200. The fraction of sp³-hybridized carbons (Fsp3) is 0.375. The van der Waals surface area contributed by atoms with Gasteiger partial charge in [-0.05, 0) is 37.2 Å². The van der Waals surface area contributed by atoms with E-state index < -0.39 is 0 Å². The van der Waals surface area contributed by atoms with Crippen molar-refractivity contribution >= 4 is 5.69 Å². The zero-order chi connectivity index (χ0) is 13.4. The Kier molecular flexibility index (Phi) is 2.70. The van der Waals surface area contributed by atoms with Gasteiger partial charge in [-0.25, -0.2) is 0 Å². The summed E-state index contributed by atoms with van der Waals surface area (Å²) in [7, 11) is 0. The summed E-state index contributed by atoms with van der Waals surface area (Å²) in [6.07, 6.45) is 4.96. The van der Waals surface area contributed by atoms with E-state index in [1.54, 1.807) is 0 Å². The number of fused-ring (bicyclic) bond motifs is 2. The first-order valence-corrected chi connectivity index (χ1v) is 7.19. The number of nitrogens with zero attached hydrogens (tertiary/aromatic N) is 3. The lowest BCUT2D eigenvalue weighted by Crippen LogP contribution is -2.35. The van der Waals surface area contributed by atoms with Gasteiger partial charge >= 0.3 is 0 Å². The van der Waals surface area contributed by atoms with E-state index in [0.29, 0.717) is 0 Å². The number of anilines is 1. The third kappa shape index (κ3) is 1.79. The predicted octanol–water partition coefficient (Wildman–Crippen LogP) is 1.73. The number of pyridine rings is 2. The normalized spacial score (nSPS) is 24.3. The number of hydrogen-bond acceptors (Lipinski definition) is 4. The van der Waals surface area contributed by atoms with Gasteiger partial charge in [-0.2, -0.15) is 0 Å². The molecule has 0 unspecified atom stereocenters. The molecule has 2 aliphatic rings. The van der Waals surface area contributed by atoms with E-state index >= 15 is 0 Å². The molecule has 0 radical (unpaired) electrons. The smallest absolute Gasteiger partial charge is 0.0729 e. The molecule has 1 atom stereocenters. The molecule has 2 aromatic rings. The molecule has 4 nitrogen and oxygen atoms in total. The number of rotatable bonds is 2. The van der Waals surface area contributed by atoms with Gasteiger partial charge < -0.3 is 10.2 Å². The molecule has 1 N–H and O–H groups in total. The van der Waals surface area contributed by atoms with Gasteiger partial charge in [-0.1, -0.05) is 6.07 Å². The average molecular weight is 266 g/mol. The molecule has 102 valence electrons. The lowest BCUT2D eigenvalue weighted by molar-refractivity contribution is 0.483. The predicted molar refractivity (Wildman–Crippen MR) is 78.7 cm³/mol. The SMILES string of the molecule is c1ccc(CN2C[C@@]3(CCNC3)c3ncccc32)nc1. The Balaban J connectivity index is 1.69. The lowest BCUT2D eigenvalue weighted by Gasteiger charge is -2.24. The second kappa shape index (κ2) is 4.56. The molecular formula is C16H18N4. The molecule has 4 heterocycles. The Bertz CT molecular complexity index is 605. The standard InChI is InChI=1S/C16H18N4/c1-2-7-18-13(4-1)10-20-12-16(6-9-17-11-16)15-14(20)5-3-8-19-15/h1-5,7-8,17H,6,9-12H2/t16-/m0/s1. The number of aromatic nitrogens is 2. The van der Waals surface area contributed by atoms with Crippen molar-refractivity contribution in [2.45, 2.75) is 18.4 Å². The summed E-state index contributed by atoms with van der Waals surface area (Å²) in [5.74, 6) is 0. The molecule has 2 aliphatic heterocycles. The average Bonchev–Trinajstić information content (AvgIpc) is 3.08. The molecule has 0 aromatic carbocycles.